The zero-order valence-electron chi connectivity index (χ0n) is 18.7. The van der Waals surface area contributed by atoms with E-state index in [9.17, 15) is 0 Å². The number of ether oxygens (including phenoxy) is 5. The van der Waals surface area contributed by atoms with E-state index in [1.165, 1.54) is 0 Å². The average molecular weight is 434 g/mol. The summed E-state index contributed by atoms with van der Waals surface area (Å²) in [4.78, 5) is 4.67. The molecule has 3 rings (SSSR count). The molecular formula is C26H27NO5. The van der Waals surface area contributed by atoms with Crippen LogP contribution in [-0.4, -0.2) is 26.7 Å². The van der Waals surface area contributed by atoms with Gasteiger partial charge in [0.2, 0.25) is 5.90 Å². The molecule has 3 aromatic carbocycles. The maximum Gasteiger partial charge on any atom is 0.225 e. The molecule has 0 aromatic heterocycles. The van der Waals surface area contributed by atoms with Crippen LogP contribution in [0.5, 0.6) is 28.7 Å². The Morgan fingerprint density at radius 3 is 2.00 bits per heavy atom. The lowest BCUT2D eigenvalue weighted by Crippen LogP contribution is -2.11. The van der Waals surface area contributed by atoms with Gasteiger partial charge in [-0.2, -0.15) is 0 Å². The second kappa shape index (κ2) is 11.5. The van der Waals surface area contributed by atoms with Crippen molar-refractivity contribution >= 4 is 11.6 Å². The van der Waals surface area contributed by atoms with Crippen LogP contribution in [0.4, 0.5) is 5.69 Å². The van der Waals surface area contributed by atoms with Crippen molar-refractivity contribution in [1.82, 2.24) is 0 Å². The van der Waals surface area contributed by atoms with Gasteiger partial charge in [-0.15, -0.1) is 0 Å². The first-order chi connectivity index (χ1) is 15.6. The Morgan fingerprint density at radius 2 is 1.38 bits per heavy atom. The van der Waals surface area contributed by atoms with Crippen molar-refractivity contribution in [3.05, 3.63) is 84.6 Å². The molecule has 0 bridgehead atoms. The lowest BCUT2D eigenvalue weighted by atomic mass is 10.3. The van der Waals surface area contributed by atoms with Gasteiger partial charge in [-0.05, 0) is 74.5 Å². The van der Waals surface area contributed by atoms with Crippen molar-refractivity contribution in [2.75, 3.05) is 20.8 Å². The molecule has 166 valence electrons. The highest BCUT2D eigenvalue weighted by atomic mass is 16.5. The average Bonchev–Trinajstić information content (AvgIpc) is 2.83. The van der Waals surface area contributed by atoms with Crippen LogP contribution in [0.25, 0.3) is 0 Å². The Balaban J connectivity index is 1.87. The molecule has 0 heterocycles. The van der Waals surface area contributed by atoms with Crippen molar-refractivity contribution in [3.8, 4) is 28.7 Å². The van der Waals surface area contributed by atoms with E-state index in [0.29, 0.717) is 29.6 Å². The van der Waals surface area contributed by atoms with E-state index in [-0.39, 0.29) is 0 Å². The second-order valence-corrected chi connectivity index (χ2v) is 6.72. The first-order valence-electron chi connectivity index (χ1n) is 10.2. The van der Waals surface area contributed by atoms with Crippen molar-refractivity contribution in [1.29, 1.82) is 0 Å². The quantitative estimate of drug-likeness (QED) is 0.229. The van der Waals surface area contributed by atoms with Gasteiger partial charge in [-0.25, -0.2) is 4.99 Å². The molecule has 0 fully saturated rings. The van der Waals surface area contributed by atoms with Gasteiger partial charge < -0.3 is 23.7 Å². The largest absolute Gasteiger partial charge is 0.497 e. The van der Waals surface area contributed by atoms with E-state index in [0.717, 1.165) is 22.9 Å². The summed E-state index contributed by atoms with van der Waals surface area (Å²) in [7, 11) is 3.25. The van der Waals surface area contributed by atoms with Crippen LogP contribution in [0, 0.1) is 0 Å². The SMILES string of the molecule is CCOc1cccc(OC(=Nc2ccc(OC)cc2)/C(C)=C/Oc2ccc(OC)cc2)c1. The van der Waals surface area contributed by atoms with Gasteiger partial charge in [0.05, 0.1) is 32.8 Å². The van der Waals surface area contributed by atoms with E-state index in [2.05, 4.69) is 4.99 Å². The Morgan fingerprint density at radius 1 is 0.781 bits per heavy atom. The number of benzene rings is 3. The van der Waals surface area contributed by atoms with E-state index in [1.807, 2.05) is 86.6 Å². The van der Waals surface area contributed by atoms with Gasteiger partial charge >= 0.3 is 0 Å². The number of hydrogen-bond donors (Lipinski definition) is 0. The molecule has 0 saturated heterocycles. The Labute approximate surface area is 188 Å². The molecule has 32 heavy (non-hydrogen) atoms. The molecule has 0 radical (unpaired) electrons. The maximum atomic E-state index is 6.12. The van der Waals surface area contributed by atoms with Crippen molar-refractivity contribution in [3.63, 3.8) is 0 Å². The normalized spacial score (nSPS) is 11.6. The third kappa shape index (κ3) is 6.54. The van der Waals surface area contributed by atoms with Crippen LogP contribution in [0.1, 0.15) is 13.8 Å². The van der Waals surface area contributed by atoms with E-state index in [4.69, 9.17) is 23.7 Å². The van der Waals surface area contributed by atoms with Gasteiger partial charge in [0.15, 0.2) is 0 Å². The highest BCUT2D eigenvalue weighted by Crippen LogP contribution is 2.24. The van der Waals surface area contributed by atoms with Crippen LogP contribution in [0.15, 0.2) is 89.6 Å². The van der Waals surface area contributed by atoms with Crippen LogP contribution >= 0.6 is 0 Å². The summed E-state index contributed by atoms with van der Waals surface area (Å²) in [6, 6.07) is 22.2. The molecule has 0 amide bonds. The predicted octanol–water partition coefficient (Wildman–Crippen LogP) is 6.19. The third-order valence-electron chi connectivity index (χ3n) is 4.40. The topological polar surface area (TPSA) is 58.5 Å². The maximum absolute atomic E-state index is 6.12. The molecule has 0 aliphatic heterocycles. The van der Waals surface area contributed by atoms with Gasteiger partial charge in [0.25, 0.3) is 0 Å². The van der Waals surface area contributed by atoms with Gasteiger partial charge in [-0.1, -0.05) is 6.07 Å². The molecule has 6 nitrogen and oxygen atoms in total. The summed E-state index contributed by atoms with van der Waals surface area (Å²) in [5.41, 5.74) is 1.43. The highest BCUT2D eigenvalue weighted by Gasteiger charge is 2.09. The minimum Gasteiger partial charge on any atom is -0.497 e. The van der Waals surface area contributed by atoms with Gasteiger partial charge in [0.1, 0.15) is 28.7 Å². The summed E-state index contributed by atoms with van der Waals surface area (Å²) in [5.74, 6) is 3.93. The number of nitrogens with zero attached hydrogens (tertiary/aromatic N) is 1. The van der Waals surface area contributed by atoms with Crippen molar-refractivity contribution < 1.29 is 23.7 Å². The molecule has 0 N–H and O–H groups in total. The fourth-order valence-corrected chi connectivity index (χ4v) is 2.73. The Kier molecular flexibility index (Phi) is 8.15. The molecular weight excluding hydrogens is 406 g/mol. The monoisotopic (exact) mass is 433 g/mol. The summed E-state index contributed by atoms with van der Waals surface area (Å²) >= 11 is 0. The third-order valence-corrected chi connectivity index (χ3v) is 4.40. The molecule has 0 aliphatic carbocycles. The van der Waals surface area contributed by atoms with Crippen molar-refractivity contribution in [2.24, 2.45) is 4.99 Å². The minimum atomic E-state index is 0.400. The molecule has 0 unspecified atom stereocenters. The highest BCUT2D eigenvalue weighted by molar-refractivity contribution is 5.96. The predicted molar refractivity (Wildman–Crippen MR) is 126 cm³/mol. The number of methoxy groups -OCH3 is 2. The van der Waals surface area contributed by atoms with Crippen LogP contribution < -0.4 is 23.7 Å². The molecule has 3 aromatic rings. The molecule has 6 heteroatoms. The number of hydrogen-bond acceptors (Lipinski definition) is 6. The van der Waals surface area contributed by atoms with Crippen LogP contribution in [0.2, 0.25) is 0 Å². The standard InChI is InChI=1S/C26H27NO5/c1-5-30-24-7-6-8-25(17-24)32-26(27-20-9-11-21(28-3)12-10-20)19(2)18-31-23-15-13-22(29-4)14-16-23/h6-18H,5H2,1-4H3/b19-18+,27-26?. The zero-order valence-corrected chi connectivity index (χ0v) is 18.7. The van der Waals surface area contributed by atoms with Gasteiger partial charge in [-0.3, -0.25) is 0 Å². The number of aliphatic imine (C=N–C) groups is 1. The zero-order chi connectivity index (χ0) is 22.8. The summed E-state index contributed by atoms with van der Waals surface area (Å²) in [5, 5.41) is 0. The lowest BCUT2D eigenvalue weighted by Gasteiger charge is -2.12. The second-order valence-electron chi connectivity index (χ2n) is 6.72. The van der Waals surface area contributed by atoms with Crippen LogP contribution in [0.3, 0.4) is 0 Å². The van der Waals surface area contributed by atoms with Crippen molar-refractivity contribution in [2.45, 2.75) is 13.8 Å². The molecule has 0 saturated carbocycles. The fourth-order valence-electron chi connectivity index (χ4n) is 2.73. The minimum absolute atomic E-state index is 0.400. The smallest absolute Gasteiger partial charge is 0.225 e. The molecule has 0 aliphatic rings. The number of rotatable bonds is 9. The first-order valence-corrected chi connectivity index (χ1v) is 10.2. The lowest BCUT2D eigenvalue weighted by molar-refractivity contribution is 0.339. The summed E-state index contributed by atoms with van der Waals surface area (Å²) < 4.78 is 27.9. The van der Waals surface area contributed by atoms with Crippen LogP contribution in [-0.2, 0) is 0 Å². The molecule has 0 spiro atoms. The fraction of sp³-hybridized carbons (Fsp3) is 0.192. The van der Waals surface area contributed by atoms with E-state index in [1.54, 1.807) is 20.5 Å². The Hall–Kier alpha value is -3.93. The van der Waals surface area contributed by atoms with E-state index < -0.39 is 0 Å². The Bertz CT molecular complexity index is 1060. The summed E-state index contributed by atoms with van der Waals surface area (Å²) in [6.45, 7) is 4.39. The van der Waals surface area contributed by atoms with Gasteiger partial charge in [0, 0.05) is 11.6 Å². The summed E-state index contributed by atoms with van der Waals surface area (Å²) in [6.07, 6.45) is 1.61. The van der Waals surface area contributed by atoms with E-state index >= 15 is 0 Å². The molecule has 0 atom stereocenters. The first kappa shape index (κ1) is 22.7.